The van der Waals surface area contributed by atoms with Crippen LogP contribution in [-0.4, -0.2) is 48.2 Å². The Balaban J connectivity index is 2.37. The molecule has 0 aliphatic carbocycles. The first-order valence-corrected chi connectivity index (χ1v) is 6.83. The van der Waals surface area contributed by atoms with Gasteiger partial charge in [-0.05, 0) is 26.3 Å². The number of nitrogens with zero attached hydrogens (tertiary/aromatic N) is 1. The van der Waals surface area contributed by atoms with Crippen molar-refractivity contribution in [3.05, 3.63) is 0 Å². The van der Waals surface area contributed by atoms with Crippen LogP contribution in [0.3, 0.4) is 0 Å². The third-order valence-corrected chi connectivity index (χ3v) is 3.52. The highest BCUT2D eigenvalue weighted by Gasteiger charge is 2.26. The van der Waals surface area contributed by atoms with E-state index in [2.05, 4.69) is 12.2 Å². The average Bonchev–Trinajstić information content (AvgIpc) is 2.35. The molecular weight excluding hydrogens is 216 g/mol. The van der Waals surface area contributed by atoms with E-state index in [0.717, 1.165) is 25.7 Å². The maximum Gasteiger partial charge on any atom is 0.239 e. The molecule has 1 atom stereocenters. The van der Waals surface area contributed by atoms with Gasteiger partial charge in [0.25, 0.3) is 0 Å². The van der Waals surface area contributed by atoms with E-state index in [1.54, 1.807) is 0 Å². The number of piperidine rings is 1. The summed E-state index contributed by atoms with van der Waals surface area (Å²) in [4.78, 5) is 14.1. The summed E-state index contributed by atoms with van der Waals surface area (Å²) in [5, 5.41) is 12.5. The van der Waals surface area contributed by atoms with Crippen LogP contribution in [0.4, 0.5) is 0 Å². The fourth-order valence-electron chi connectivity index (χ4n) is 2.30. The zero-order valence-electron chi connectivity index (χ0n) is 11.1. The summed E-state index contributed by atoms with van der Waals surface area (Å²) >= 11 is 0. The molecule has 1 unspecified atom stereocenters. The molecular formula is C13H26N2O2. The lowest BCUT2D eigenvalue weighted by Gasteiger charge is -2.32. The largest absolute Gasteiger partial charge is 0.393 e. The molecule has 1 heterocycles. The number of hydrogen-bond acceptors (Lipinski definition) is 3. The smallest absolute Gasteiger partial charge is 0.239 e. The van der Waals surface area contributed by atoms with Crippen molar-refractivity contribution in [1.29, 1.82) is 0 Å². The minimum Gasteiger partial charge on any atom is -0.393 e. The molecule has 1 aliphatic rings. The van der Waals surface area contributed by atoms with Gasteiger partial charge in [0.2, 0.25) is 5.91 Å². The number of aliphatic hydroxyl groups excluding tert-OH is 1. The molecule has 0 aromatic rings. The third-order valence-electron chi connectivity index (χ3n) is 3.52. The van der Waals surface area contributed by atoms with Crippen molar-refractivity contribution in [3.63, 3.8) is 0 Å². The Kier molecular flexibility index (Phi) is 6.52. The number of carbonyl (C=O) groups is 1. The van der Waals surface area contributed by atoms with Gasteiger partial charge in [0, 0.05) is 13.1 Å². The van der Waals surface area contributed by atoms with Crippen LogP contribution in [0.2, 0.25) is 0 Å². The lowest BCUT2D eigenvalue weighted by molar-refractivity contribution is -0.135. The van der Waals surface area contributed by atoms with E-state index < -0.39 is 0 Å². The Labute approximate surface area is 104 Å². The van der Waals surface area contributed by atoms with Crippen LogP contribution in [0.5, 0.6) is 0 Å². The van der Waals surface area contributed by atoms with Crippen LogP contribution in [-0.2, 0) is 4.79 Å². The Morgan fingerprint density at radius 1 is 1.41 bits per heavy atom. The molecule has 1 rings (SSSR count). The van der Waals surface area contributed by atoms with Crippen molar-refractivity contribution in [2.75, 3.05) is 20.1 Å². The predicted octanol–water partition coefficient (Wildman–Crippen LogP) is 1.14. The molecule has 0 aromatic heterocycles. The summed E-state index contributed by atoms with van der Waals surface area (Å²) in [5.74, 6) is 0.204. The van der Waals surface area contributed by atoms with Gasteiger partial charge in [0.05, 0.1) is 12.1 Å². The van der Waals surface area contributed by atoms with Crippen molar-refractivity contribution in [2.24, 2.45) is 0 Å². The summed E-state index contributed by atoms with van der Waals surface area (Å²) in [6, 6.07) is -0.0446. The number of likely N-dealkylation sites (tertiary alicyclic amines) is 1. The summed E-state index contributed by atoms with van der Waals surface area (Å²) in [6.07, 6.45) is 5.61. The molecule has 1 fully saturated rings. The highest BCUT2D eigenvalue weighted by molar-refractivity contribution is 5.81. The number of aliphatic hydroxyl groups is 1. The predicted molar refractivity (Wildman–Crippen MR) is 68.8 cm³/mol. The van der Waals surface area contributed by atoms with Crippen LogP contribution >= 0.6 is 0 Å². The van der Waals surface area contributed by atoms with E-state index in [4.69, 9.17) is 0 Å². The van der Waals surface area contributed by atoms with Crippen molar-refractivity contribution in [1.82, 2.24) is 10.2 Å². The maximum atomic E-state index is 12.2. The molecule has 0 bridgehead atoms. The summed E-state index contributed by atoms with van der Waals surface area (Å²) in [7, 11) is 1.85. The fraction of sp³-hybridized carbons (Fsp3) is 0.923. The number of amides is 1. The van der Waals surface area contributed by atoms with Crippen LogP contribution in [0, 0.1) is 0 Å². The van der Waals surface area contributed by atoms with Gasteiger partial charge in [-0.3, -0.25) is 4.79 Å². The topological polar surface area (TPSA) is 52.6 Å². The molecule has 1 amide bonds. The van der Waals surface area contributed by atoms with Gasteiger partial charge in [0.1, 0.15) is 0 Å². The van der Waals surface area contributed by atoms with Crippen LogP contribution in [0.25, 0.3) is 0 Å². The van der Waals surface area contributed by atoms with Crippen LogP contribution in [0.1, 0.15) is 45.4 Å². The second-order valence-corrected chi connectivity index (χ2v) is 4.89. The summed E-state index contributed by atoms with van der Waals surface area (Å²) in [5.41, 5.74) is 0. The highest BCUT2D eigenvalue weighted by atomic mass is 16.3. The number of unbranched alkanes of at least 4 members (excludes halogenated alkanes) is 2. The van der Waals surface area contributed by atoms with Crippen LogP contribution < -0.4 is 5.32 Å². The summed E-state index contributed by atoms with van der Waals surface area (Å²) in [6.45, 7) is 3.57. The number of hydrogen-bond donors (Lipinski definition) is 2. The molecule has 17 heavy (non-hydrogen) atoms. The quantitative estimate of drug-likeness (QED) is 0.687. The first kappa shape index (κ1) is 14.5. The van der Waals surface area contributed by atoms with Gasteiger partial charge >= 0.3 is 0 Å². The lowest BCUT2D eigenvalue weighted by Crippen LogP contribution is -2.48. The molecule has 4 heteroatoms. The van der Waals surface area contributed by atoms with Gasteiger partial charge in [-0.15, -0.1) is 0 Å². The first-order chi connectivity index (χ1) is 8.19. The molecule has 0 radical (unpaired) electrons. The van der Waals surface area contributed by atoms with E-state index in [-0.39, 0.29) is 18.1 Å². The zero-order valence-corrected chi connectivity index (χ0v) is 11.1. The van der Waals surface area contributed by atoms with Crippen molar-refractivity contribution in [2.45, 2.75) is 57.6 Å². The lowest BCUT2D eigenvalue weighted by atomic mass is 10.0. The van der Waals surface area contributed by atoms with Gasteiger partial charge in [-0.25, -0.2) is 0 Å². The minimum absolute atomic E-state index is 0.0446. The second-order valence-electron chi connectivity index (χ2n) is 4.89. The molecule has 100 valence electrons. The van der Waals surface area contributed by atoms with E-state index in [0.29, 0.717) is 13.1 Å². The Morgan fingerprint density at radius 2 is 2.06 bits per heavy atom. The molecule has 4 nitrogen and oxygen atoms in total. The number of nitrogens with one attached hydrogen (secondary N) is 1. The standard InChI is InChI=1S/C13H26N2O2/c1-3-4-5-6-12(14-2)13(17)15-9-7-11(16)8-10-15/h11-12,14,16H,3-10H2,1-2H3. The molecule has 0 saturated carbocycles. The molecule has 1 aliphatic heterocycles. The molecule has 1 saturated heterocycles. The third kappa shape index (κ3) is 4.64. The fourth-order valence-corrected chi connectivity index (χ4v) is 2.30. The average molecular weight is 242 g/mol. The summed E-state index contributed by atoms with van der Waals surface area (Å²) < 4.78 is 0. The number of likely N-dealkylation sites (N-methyl/N-ethyl adjacent to an activating group) is 1. The monoisotopic (exact) mass is 242 g/mol. The second kappa shape index (κ2) is 7.67. The molecule has 2 N–H and O–H groups in total. The van der Waals surface area contributed by atoms with Crippen molar-refractivity contribution >= 4 is 5.91 Å². The van der Waals surface area contributed by atoms with E-state index in [1.165, 1.54) is 12.8 Å². The normalized spacial score (nSPS) is 19.4. The minimum atomic E-state index is -0.216. The number of rotatable bonds is 6. The van der Waals surface area contributed by atoms with E-state index in [9.17, 15) is 9.90 Å². The Hall–Kier alpha value is -0.610. The Bertz CT molecular complexity index is 225. The van der Waals surface area contributed by atoms with Gasteiger partial charge in [0.15, 0.2) is 0 Å². The van der Waals surface area contributed by atoms with E-state index in [1.807, 2.05) is 11.9 Å². The molecule has 0 spiro atoms. The molecule has 0 aromatic carbocycles. The van der Waals surface area contributed by atoms with Crippen molar-refractivity contribution in [3.8, 4) is 0 Å². The van der Waals surface area contributed by atoms with Crippen molar-refractivity contribution < 1.29 is 9.90 Å². The van der Waals surface area contributed by atoms with Gasteiger partial charge < -0.3 is 15.3 Å². The zero-order chi connectivity index (χ0) is 12.7. The highest BCUT2D eigenvalue weighted by Crippen LogP contribution is 2.13. The van der Waals surface area contributed by atoms with Crippen LogP contribution in [0.15, 0.2) is 0 Å². The SMILES string of the molecule is CCCCCC(NC)C(=O)N1CCC(O)CC1. The maximum absolute atomic E-state index is 12.2. The van der Waals surface area contributed by atoms with Gasteiger partial charge in [-0.1, -0.05) is 26.2 Å². The van der Waals surface area contributed by atoms with Gasteiger partial charge in [-0.2, -0.15) is 0 Å². The first-order valence-electron chi connectivity index (χ1n) is 6.83. The number of carbonyl (C=O) groups excluding carboxylic acids is 1. The van der Waals surface area contributed by atoms with E-state index >= 15 is 0 Å². The Morgan fingerprint density at radius 3 is 2.59 bits per heavy atom.